The van der Waals surface area contributed by atoms with Crippen LogP contribution in [0.3, 0.4) is 0 Å². The van der Waals surface area contributed by atoms with Gasteiger partial charge in [0.05, 0.1) is 32.1 Å². The number of nitro groups is 1. The standard InChI is InChI=1S/C25H18Br2N4O5/c1-14(2)23-29-21-6-4-3-5-19(21)24(32)30(23)28-13-16-11-17(26)12-20(27)22(16)36-25(33)15-7-9-18(10-8-15)31(34)35/h3-14H,1-2H3. The number of nitro benzene ring substituents is 1. The van der Waals surface area contributed by atoms with Gasteiger partial charge in [-0.2, -0.15) is 9.78 Å². The number of hydrogen-bond donors (Lipinski definition) is 0. The molecule has 4 aromatic rings. The summed E-state index contributed by atoms with van der Waals surface area (Å²) in [6, 6.07) is 15.5. The molecule has 9 nitrogen and oxygen atoms in total. The van der Waals surface area contributed by atoms with E-state index in [0.717, 1.165) is 0 Å². The van der Waals surface area contributed by atoms with Crippen LogP contribution in [0.1, 0.15) is 41.5 Å². The monoisotopic (exact) mass is 612 g/mol. The Labute approximate surface area is 221 Å². The van der Waals surface area contributed by atoms with Crippen LogP contribution in [0, 0.1) is 10.1 Å². The topological polar surface area (TPSA) is 117 Å². The van der Waals surface area contributed by atoms with Gasteiger partial charge in [0, 0.05) is 28.1 Å². The number of para-hydroxylation sites is 1. The SMILES string of the molecule is CC(C)c1nc2ccccc2c(=O)n1N=Cc1cc(Br)cc(Br)c1OC(=O)c1ccc([N+](=O)[O-])cc1. The summed E-state index contributed by atoms with van der Waals surface area (Å²) < 4.78 is 7.99. The van der Waals surface area contributed by atoms with Gasteiger partial charge in [-0.05, 0) is 52.3 Å². The van der Waals surface area contributed by atoms with Crippen molar-refractivity contribution < 1.29 is 14.5 Å². The van der Waals surface area contributed by atoms with E-state index in [1.807, 2.05) is 19.9 Å². The van der Waals surface area contributed by atoms with Crippen LogP contribution in [0.15, 0.2) is 79.5 Å². The molecule has 4 rings (SSSR count). The lowest BCUT2D eigenvalue weighted by Gasteiger charge is -2.13. The van der Waals surface area contributed by atoms with Gasteiger partial charge in [0.15, 0.2) is 5.75 Å². The molecular weight excluding hydrogens is 596 g/mol. The highest BCUT2D eigenvalue weighted by molar-refractivity contribution is 9.11. The first-order chi connectivity index (χ1) is 17.2. The minimum atomic E-state index is -0.713. The summed E-state index contributed by atoms with van der Waals surface area (Å²) in [6.07, 6.45) is 1.41. The fourth-order valence-electron chi connectivity index (χ4n) is 3.40. The summed E-state index contributed by atoms with van der Waals surface area (Å²) in [4.78, 5) is 40.9. The molecule has 0 amide bonds. The Bertz CT molecular complexity index is 1580. The van der Waals surface area contributed by atoms with Crippen LogP contribution in [0.2, 0.25) is 0 Å². The first-order valence-electron chi connectivity index (χ1n) is 10.7. The minimum Gasteiger partial charge on any atom is -0.421 e. The van der Waals surface area contributed by atoms with E-state index >= 15 is 0 Å². The normalized spacial score (nSPS) is 11.4. The Balaban J connectivity index is 1.75. The average molecular weight is 614 g/mol. The molecule has 1 heterocycles. The number of benzene rings is 3. The van der Waals surface area contributed by atoms with Crippen molar-refractivity contribution in [3.8, 4) is 5.75 Å². The molecule has 0 fully saturated rings. The lowest BCUT2D eigenvalue weighted by molar-refractivity contribution is -0.384. The van der Waals surface area contributed by atoms with E-state index in [1.54, 1.807) is 30.3 Å². The highest BCUT2D eigenvalue weighted by atomic mass is 79.9. The number of carbonyl (C=O) groups excluding carboxylic acids is 1. The van der Waals surface area contributed by atoms with Crippen molar-refractivity contribution in [3.63, 3.8) is 0 Å². The summed E-state index contributed by atoms with van der Waals surface area (Å²) in [5, 5.41) is 15.7. The second-order valence-corrected chi connectivity index (χ2v) is 9.77. The fraction of sp³-hybridized carbons (Fsp3) is 0.120. The third-order valence-corrected chi connectivity index (χ3v) is 6.20. The number of fused-ring (bicyclic) bond motifs is 1. The van der Waals surface area contributed by atoms with E-state index in [1.165, 1.54) is 35.2 Å². The van der Waals surface area contributed by atoms with Gasteiger partial charge in [0.2, 0.25) is 0 Å². The number of rotatable bonds is 6. The van der Waals surface area contributed by atoms with E-state index in [-0.39, 0.29) is 28.5 Å². The number of non-ortho nitro benzene ring substituents is 1. The van der Waals surface area contributed by atoms with Crippen LogP contribution in [-0.4, -0.2) is 26.8 Å². The molecule has 0 saturated carbocycles. The van der Waals surface area contributed by atoms with Crippen molar-refractivity contribution in [1.29, 1.82) is 0 Å². The van der Waals surface area contributed by atoms with Crippen molar-refractivity contribution in [2.24, 2.45) is 5.10 Å². The van der Waals surface area contributed by atoms with Crippen molar-refractivity contribution >= 4 is 60.6 Å². The second kappa shape index (κ2) is 10.5. The first kappa shape index (κ1) is 25.4. The van der Waals surface area contributed by atoms with Gasteiger partial charge in [0.25, 0.3) is 11.2 Å². The van der Waals surface area contributed by atoms with Gasteiger partial charge in [-0.15, -0.1) is 0 Å². The molecule has 3 aromatic carbocycles. The molecule has 0 aliphatic heterocycles. The second-order valence-electron chi connectivity index (χ2n) is 8.00. The third kappa shape index (κ3) is 5.26. The molecule has 0 spiro atoms. The Morgan fingerprint density at radius 2 is 1.83 bits per heavy atom. The maximum atomic E-state index is 13.2. The number of carbonyl (C=O) groups is 1. The van der Waals surface area contributed by atoms with Crippen LogP contribution in [0.4, 0.5) is 5.69 Å². The van der Waals surface area contributed by atoms with Gasteiger partial charge in [-0.3, -0.25) is 14.9 Å². The number of halogens is 2. The molecule has 36 heavy (non-hydrogen) atoms. The first-order valence-corrected chi connectivity index (χ1v) is 12.3. The molecular formula is C25H18Br2N4O5. The van der Waals surface area contributed by atoms with E-state index in [0.29, 0.717) is 31.2 Å². The Hall–Kier alpha value is -3.70. The van der Waals surface area contributed by atoms with Crippen LogP contribution in [-0.2, 0) is 0 Å². The largest absolute Gasteiger partial charge is 0.421 e. The summed E-state index contributed by atoms with van der Waals surface area (Å²) in [7, 11) is 0. The van der Waals surface area contributed by atoms with Gasteiger partial charge in [0.1, 0.15) is 5.82 Å². The summed E-state index contributed by atoms with van der Waals surface area (Å²) in [5.74, 6) is -0.158. The predicted octanol–water partition coefficient (Wildman–Crippen LogP) is 6.05. The smallest absolute Gasteiger partial charge is 0.343 e. The Morgan fingerprint density at radius 1 is 1.14 bits per heavy atom. The number of hydrogen-bond acceptors (Lipinski definition) is 7. The maximum Gasteiger partial charge on any atom is 0.343 e. The van der Waals surface area contributed by atoms with Gasteiger partial charge in [-0.25, -0.2) is 9.78 Å². The van der Waals surface area contributed by atoms with Crippen LogP contribution >= 0.6 is 31.9 Å². The Kier molecular flexibility index (Phi) is 7.41. The highest BCUT2D eigenvalue weighted by Crippen LogP contribution is 2.33. The molecule has 0 radical (unpaired) electrons. The minimum absolute atomic E-state index is 0.0897. The molecule has 182 valence electrons. The quantitative estimate of drug-likeness (QED) is 0.0858. The number of aromatic nitrogens is 2. The van der Waals surface area contributed by atoms with E-state index < -0.39 is 10.9 Å². The summed E-state index contributed by atoms with van der Waals surface area (Å²) in [5.41, 5.74) is 0.663. The molecule has 0 aliphatic carbocycles. The van der Waals surface area contributed by atoms with Crippen molar-refractivity contribution in [1.82, 2.24) is 9.66 Å². The maximum absolute atomic E-state index is 13.2. The number of ether oxygens (including phenoxy) is 1. The van der Waals surface area contributed by atoms with Gasteiger partial charge < -0.3 is 4.74 Å². The van der Waals surface area contributed by atoms with Crippen molar-refractivity contribution in [3.05, 3.63) is 107 Å². The lowest BCUT2D eigenvalue weighted by Crippen LogP contribution is -2.23. The van der Waals surface area contributed by atoms with Crippen LogP contribution in [0.5, 0.6) is 5.75 Å². The van der Waals surface area contributed by atoms with Crippen LogP contribution in [0.25, 0.3) is 10.9 Å². The summed E-state index contributed by atoms with van der Waals surface area (Å²) >= 11 is 6.82. The highest BCUT2D eigenvalue weighted by Gasteiger charge is 2.18. The molecule has 0 aliphatic rings. The van der Waals surface area contributed by atoms with Crippen molar-refractivity contribution in [2.45, 2.75) is 19.8 Å². The molecule has 0 saturated heterocycles. The molecule has 0 unspecified atom stereocenters. The van der Waals surface area contributed by atoms with E-state index in [9.17, 15) is 19.7 Å². The Morgan fingerprint density at radius 3 is 2.50 bits per heavy atom. The average Bonchev–Trinajstić information content (AvgIpc) is 2.85. The zero-order valence-corrected chi connectivity index (χ0v) is 22.2. The number of esters is 1. The van der Waals surface area contributed by atoms with E-state index in [2.05, 4.69) is 41.9 Å². The molecule has 11 heteroatoms. The number of nitrogens with zero attached hydrogens (tertiary/aromatic N) is 4. The lowest BCUT2D eigenvalue weighted by atomic mass is 10.2. The zero-order chi connectivity index (χ0) is 26.0. The van der Waals surface area contributed by atoms with Crippen molar-refractivity contribution in [2.75, 3.05) is 0 Å². The predicted molar refractivity (Wildman–Crippen MR) is 143 cm³/mol. The van der Waals surface area contributed by atoms with E-state index in [4.69, 9.17) is 4.74 Å². The molecule has 0 N–H and O–H groups in total. The van der Waals surface area contributed by atoms with Gasteiger partial charge in [-0.1, -0.05) is 41.9 Å². The third-order valence-electron chi connectivity index (χ3n) is 5.15. The summed E-state index contributed by atoms with van der Waals surface area (Å²) in [6.45, 7) is 3.82. The van der Waals surface area contributed by atoms with Crippen LogP contribution < -0.4 is 10.3 Å². The molecule has 0 atom stereocenters. The molecule has 1 aromatic heterocycles. The van der Waals surface area contributed by atoms with Gasteiger partial charge >= 0.3 is 5.97 Å². The fourth-order valence-corrected chi connectivity index (χ4v) is 4.74. The zero-order valence-electron chi connectivity index (χ0n) is 19.0. The molecule has 0 bridgehead atoms.